The van der Waals surface area contributed by atoms with Crippen LogP contribution in [0, 0.1) is 23.2 Å². The van der Waals surface area contributed by atoms with Gasteiger partial charge in [-0.1, -0.05) is 32.4 Å². The van der Waals surface area contributed by atoms with Gasteiger partial charge in [-0.25, -0.2) is 0 Å². The molecule has 0 atom stereocenters. The first kappa shape index (κ1) is 20.2. The lowest BCUT2D eigenvalue weighted by atomic mass is 9.93. The Morgan fingerprint density at radius 1 is 1.36 bits per heavy atom. The molecule has 123 valence electrons. The fourth-order valence-electron chi connectivity index (χ4n) is 1.60. The third kappa shape index (κ3) is 9.98. The van der Waals surface area contributed by atoms with E-state index >= 15 is 0 Å². The number of esters is 1. The van der Waals surface area contributed by atoms with Crippen molar-refractivity contribution in [3.05, 3.63) is 18.1 Å². The maximum absolute atomic E-state index is 11.1. The van der Waals surface area contributed by atoms with Gasteiger partial charge in [0, 0.05) is 26.3 Å². The Morgan fingerprint density at radius 2 is 1.95 bits per heavy atom. The van der Waals surface area contributed by atoms with E-state index in [2.05, 4.69) is 33.3 Å². The molecule has 1 rings (SSSR count). The van der Waals surface area contributed by atoms with E-state index in [1.54, 1.807) is 6.92 Å². The second-order valence-corrected chi connectivity index (χ2v) is 6.05. The minimum absolute atomic E-state index is 0.0331. The van der Waals surface area contributed by atoms with E-state index in [1.165, 1.54) is 17.4 Å². The Bertz CT molecular complexity index is 442. The Hall–Kier alpha value is -1.83. The molecule has 0 unspecified atom stereocenters. The SMILES string of the molecule is CC(C)(C)C1=C[CH]1.CCOC(=O)CN(CCCC#N)C(C)=O. The number of rotatable bonds is 6. The molecule has 1 amide bonds. The van der Waals surface area contributed by atoms with E-state index in [1.807, 2.05) is 6.07 Å². The highest BCUT2D eigenvalue weighted by molar-refractivity contribution is 5.80. The van der Waals surface area contributed by atoms with Gasteiger partial charge in [-0.15, -0.1) is 0 Å². The summed E-state index contributed by atoms with van der Waals surface area (Å²) in [6, 6.07) is 1.99. The molecule has 1 aliphatic carbocycles. The molecule has 0 bridgehead atoms. The van der Waals surface area contributed by atoms with Gasteiger partial charge in [-0.2, -0.15) is 5.26 Å². The van der Waals surface area contributed by atoms with Crippen molar-refractivity contribution in [2.45, 2.75) is 47.5 Å². The first-order valence-electron chi connectivity index (χ1n) is 7.56. The zero-order valence-electron chi connectivity index (χ0n) is 14.3. The number of nitriles is 1. The lowest BCUT2D eigenvalue weighted by molar-refractivity contribution is -0.148. The first-order chi connectivity index (χ1) is 10.2. The van der Waals surface area contributed by atoms with Gasteiger partial charge in [-0.05, 0) is 18.8 Å². The lowest BCUT2D eigenvalue weighted by Gasteiger charge is -2.18. The van der Waals surface area contributed by atoms with E-state index in [4.69, 9.17) is 10.00 Å². The third-order valence-electron chi connectivity index (χ3n) is 2.99. The summed E-state index contributed by atoms with van der Waals surface area (Å²) in [6.45, 7) is 10.5. The van der Waals surface area contributed by atoms with E-state index in [0.29, 0.717) is 31.4 Å². The maximum Gasteiger partial charge on any atom is 0.325 e. The summed E-state index contributed by atoms with van der Waals surface area (Å²) in [5.41, 5.74) is 1.91. The second kappa shape index (κ2) is 9.99. The Morgan fingerprint density at radius 3 is 2.27 bits per heavy atom. The molecule has 0 saturated carbocycles. The van der Waals surface area contributed by atoms with Crippen LogP contribution in [0.1, 0.15) is 47.5 Å². The van der Waals surface area contributed by atoms with Crippen LogP contribution < -0.4 is 0 Å². The van der Waals surface area contributed by atoms with Crippen molar-refractivity contribution in [3.8, 4) is 6.07 Å². The van der Waals surface area contributed by atoms with Crippen LogP contribution in [0.25, 0.3) is 0 Å². The third-order valence-corrected chi connectivity index (χ3v) is 2.99. The highest BCUT2D eigenvalue weighted by Crippen LogP contribution is 2.36. The number of carbonyl (C=O) groups excluding carboxylic acids is 2. The monoisotopic (exact) mass is 307 g/mol. The average Bonchev–Trinajstić information content (AvgIpc) is 3.22. The van der Waals surface area contributed by atoms with E-state index in [9.17, 15) is 9.59 Å². The minimum Gasteiger partial charge on any atom is -0.465 e. The molecule has 0 aromatic carbocycles. The number of unbranched alkanes of at least 4 members (excludes halogenated alkanes) is 1. The van der Waals surface area contributed by atoms with Crippen LogP contribution in [0.2, 0.25) is 0 Å². The van der Waals surface area contributed by atoms with E-state index < -0.39 is 5.97 Å². The molecule has 0 N–H and O–H groups in total. The van der Waals surface area contributed by atoms with Crippen LogP contribution in [0.3, 0.4) is 0 Å². The zero-order valence-corrected chi connectivity index (χ0v) is 14.3. The predicted octanol–water partition coefficient (Wildman–Crippen LogP) is 2.88. The summed E-state index contributed by atoms with van der Waals surface area (Å²) in [6.07, 6.45) is 5.29. The Labute approximate surface area is 133 Å². The molecule has 0 aliphatic heterocycles. The minimum atomic E-state index is -0.412. The summed E-state index contributed by atoms with van der Waals surface area (Å²) >= 11 is 0. The van der Waals surface area contributed by atoms with Crippen molar-refractivity contribution in [2.24, 2.45) is 5.41 Å². The predicted molar refractivity (Wildman–Crippen MR) is 85.6 cm³/mol. The van der Waals surface area contributed by atoms with Gasteiger partial charge in [0.05, 0.1) is 12.7 Å². The molecule has 0 fully saturated rings. The average molecular weight is 307 g/mol. The normalized spacial score (nSPS) is 12.3. The van der Waals surface area contributed by atoms with Gasteiger partial charge in [0.25, 0.3) is 0 Å². The molecule has 0 saturated heterocycles. The van der Waals surface area contributed by atoms with Gasteiger partial charge in [-0.3, -0.25) is 9.59 Å². The molecule has 0 heterocycles. The summed E-state index contributed by atoms with van der Waals surface area (Å²) in [5.74, 6) is -0.592. The standard InChI is InChI=1S/C10H16N2O3.C7H11/c1-3-15-10(14)8-12(9(2)13)7-5-4-6-11;1-7(2,3)6-4-5-6/h3-5,7-8H2,1-2H3;4-5H,1-3H3. The summed E-state index contributed by atoms with van der Waals surface area (Å²) in [4.78, 5) is 23.6. The fourth-order valence-corrected chi connectivity index (χ4v) is 1.60. The Kier molecular flexibility index (Phi) is 9.16. The molecule has 0 aromatic rings. The Balaban J connectivity index is 0.000000518. The summed E-state index contributed by atoms with van der Waals surface area (Å²) < 4.78 is 4.73. The molecule has 1 aliphatic rings. The zero-order chi connectivity index (χ0) is 17.2. The van der Waals surface area contributed by atoms with Crippen molar-refractivity contribution in [1.82, 2.24) is 4.90 Å². The number of ether oxygens (including phenoxy) is 1. The van der Waals surface area contributed by atoms with Crippen molar-refractivity contribution in [1.29, 1.82) is 5.26 Å². The van der Waals surface area contributed by atoms with Crippen molar-refractivity contribution in [2.75, 3.05) is 19.7 Å². The number of amides is 1. The quantitative estimate of drug-likeness (QED) is 0.559. The molecular weight excluding hydrogens is 280 g/mol. The van der Waals surface area contributed by atoms with E-state index in [-0.39, 0.29) is 12.5 Å². The van der Waals surface area contributed by atoms with Gasteiger partial charge in [0.15, 0.2) is 0 Å². The molecule has 22 heavy (non-hydrogen) atoms. The molecular formula is C17H27N2O3. The van der Waals surface area contributed by atoms with Crippen molar-refractivity contribution < 1.29 is 14.3 Å². The van der Waals surface area contributed by atoms with Crippen LogP contribution in [-0.4, -0.2) is 36.5 Å². The van der Waals surface area contributed by atoms with Crippen LogP contribution in [0.4, 0.5) is 0 Å². The second-order valence-electron chi connectivity index (χ2n) is 6.05. The van der Waals surface area contributed by atoms with Crippen molar-refractivity contribution in [3.63, 3.8) is 0 Å². The molecule has 0 spiro atoms. The first-order valence-corrected chi connectivity index (χ1v) is 7.56. The number of nitrogens with zero attached hydrogens (tertiary/aromatic N) is 2. The van der Waals surface area contributed by atoms with Crippen LogP contribution >= 0.6 is 0 Å². The van der Waals surface area contributed by atoms with Gasteiger partial charge in [0.1, 0.15) is 6.54 Å². The number of hydrogen-bond donors (Lipinski definition) is 0. The largest absolute Gasteiger partial charge is 0.465 e. The fraction of sp³-hybridized carbons (Fsp3) is 0.647. The molecule has 5 heteroatoms. The van der Waals surface area contributed by atoms with Crippen LogP contribution in [0.15, 0.2) is 11.6 Å². The number of allylic oxidation sites excluding steroid dienone is 2. The van der Waals surface area contributed by atoms with E-state index in [0.717, 1.165) is 0 Å². The van der Waals surface area contributed by atoms with Gasteiger partial charge >= 0.3 is 5.97 Å². The van der Waals surface area contributed by atoms with Crippen molar-refractivity contribution >= 4 is 11.9 Å². The summed E-state index contributed by atoms with van der Waals surface area (Å²) in [5, 5.41) is 8.34. The molecule has 1 radical (unpaired) electrons. The highest BCUT2D eigenvalue weighted by atomic mass is 16.5. The smallest absolute Gasteiger partial charge is 0.325 e. The van der Waals surface area contributed by atoms with Gasteiger partial charge in [0.2, 0.25) is 5.91 Å². The number of hydrogen-bond acceptors (Lipinski definition) is 4. The molecule has 0 aromatic heterocycles. The van der Waals surface area contributed by atoms with Gasteiger partial charge < -0.3 is 9.64 Å². The maximum atomic E-state index is 11.1. The van der Waals surface area contributed by atoms with Crippen LogP contribution in [-0.2, 0) is 14.3 Å². The molecule has 5 nitrogen and oxygen atoms in total. The highest BCUT2D eigenvalue weighted by Gasteiger charge is 2.22. The lowest BCUT2D eigenvalue weighted by Crippen LogP contribution is -2.35. The topological polar surface area (TPSA) is 70.4 Å². The summed E-state index contributed by atoms with van der Waals surface area (Å²) in [7, 11) is 0. The van der Waals surface area contributed by atoms with Crippen LogP contribution in [0.5, 0.6) is 0 Å². The number of carbonyl (C=O) groups is 2.